The first-order chi connectivity index (χ1) is 7.24. The summed E-state index contributed by atoms with van der Waals surface area (Å²) in [6.45, 7) is 4.37. The van der Waals surface area contributed by atoms with Gasteiger partial charge in [-0.2, -0.15) is 0 Å². The molecule has 0 saturated heterocycles. The number of nitrogens with zero attached hydrogens (tertiary/aromatic N) is 1. The van der Waals surface area contributed by atoms with Crippen LogP contribution in [-0.2, 0) is 0 Å². The summed E-state index contributed by atoms with van der Waals surface area (Å²) in [5, 5.41) is 1.13. The van der Waals surface area contributed by atoms with Crippen LogP contribution in [0.4, 0.5) is 0 Å². The summed E-state index contributed by atoms with van der Waals surface area (Å²) >= 11 is 1.65. The highest BCUT2D eigenvalue weighted by Crippen LogP contribution is 2.33. The van der Waals surface area contributed by atoms with Gasteiger partial charge in [-0.05, 0) is 19.4 Å². The molecular weight excluding hydrogens is 206 g/mol. The summed E-state index contributed by atoms with van der Waals surface area (Å²) in [5.74, 6) is 4.23. The molecule has 0 aromatic carbocycles. The minimum atomic E-state index is 0.481. The first kappa shape index (κ1) is 12.1. The van der Waals surface area contributed by atoms with Gasteiger partial charge in [0.05, 0.1) is 12.9 Å². The highest BCUT2D eigenvalue weighted by Gasteiger charge is 2.13. The molecule has 0 spiro atoms. The molecule has 0 aliphatic carbocycles. The van der Waals surface area contributed by atoms with E-state index in [1.165, 1.54) is 0 Å². The second-order valence-corrected chi connectivity index (χ2v) is 4.31. The SMILES string of the molecule is C#CCSc1c(OC)ccn1C(C)CC. The minimum Gasteiger partial charge on any atom is -0.494 e. The van der Waals surface area contributed by atoms with Crippen LogP contribution in [0, 0.1) is 12.3 Å². The molecule has 2 nitrogen and oxygen atoms in total. The van der Waals surface area contributed by atoms with E-state index < -0.39 is 0 Å². The zero-order valence-electron chi connectivity index (χ0n) is 9.49. The molecule has 3 heteroatoms. The van der Waals surface area contributed by atoms with Crippen molar-refractivity contribution in [1.82, 2.24) is 4.57 Å². The molecule has 0 saturated carbocycles. The topological polar surface area (TPSA) is 14.2 Å². The minimum absolute atomic E-state index is 0.481. The van der Waals surface area contributed by atoms with Crippen molar-refractivity contribution in [3.63, 3.8) is 0 Å². The van der Waals surface area contributed by atoms with Gasteiger partial charge in [-0.25, -0.2) is 0 Å². The molecule has 1 aromatic heterocycles. The highest BCUT2D eigenvalue weighted by molar-refractivity contribution is 7.99. The Kier molecular flexibility index (Phi) is 4.64. The Bertz CT molecular complexity index is 351. The number of rotatable bonds is 5. The Morgan fingerprint density at radius 2 is 2.40 bits per heavy atom. The van der Waals surface area contributed by atoms with E-state index in [1.807, 2.05) is 6.07 Å². The number of aromatic nitrogens is 1. The van der Waals surface area contributed by atoms with Crippen molar-refractivity contribution in [2.75, 3.05) is 12.9 Å². The van der Waals surface area contributed by atoms with Gasteiger partial charge in [-0.15, -0.1) is 6.42 Å². The van der Waals surface area contributed by atoms with Crippen molar-refractivity contribution in [3.8, 4) is 18.1 Å². The van der Waals surface area contributed by atoms with E-state index in [0.717, 1.165) is 17.2 Å². The zero-order chi connectivity index (χ0) is 11.3. The molecule has 0 fully saturated rings. The van der Waals surface area contributed by atoms with Crippen LogP contribution in [0.5, 0.6) is 5.75 Å². The van der Waals surface area contributed by atoms with Crippen molar-refractivity contribution < 1.29 is 4.74 Å². The monoisotopic (exact) mass is 223 g/mol. The molecule has 0 N–H and O–H groups in total. The molecular formula is C12H17NOS. The first-order valence-corrected chi connectivity index (χ1v) is 6.04. The van der Waals surface area contributed by atoms with E-state index in [9.17, 15) is 0 Å². The molecule has 0 amide bonds. The fraction of sp³-hybridized carbons (Fsp3) is 0.500. The van der Waals surface area contributed by atoms with Crippen LogP contribution < -0.4 is 4.74 Å². The van der Waals surface area contributed by atoms with Gasteiger partial charge >= 0.3 is 0 Å². The molecule has 0 aliphatic heterocycles. The van der Waals surface area contributed by atoms with Crippen LogP contribution in [0.3, 0.4) is 0 Å². The lowest BCUT2D eigenvalue weighted by atomic mass is 10.3. The van der Waals surface area contributed by atoms with Crippen LogP contribution in [0.2, 0.25) is 0 Å². The second-order valence-electron chi connectivity index (χ2n) is 3.35. The quantitative estimate of drug-likeness (QED) is 0.562. The Labute approximate surface area is 96.0 Å². The van der Waals surface area contributed by atoms with Crippen molar-refractivity contribution in [2.24, 2.45) is 0 Å². The Morgan fingerprint density at radius 1 is 1.67 bits per heavy atom. The normalized spacial score (nSPS) is 12.1. The molecule has 1 unspecified atom stereocenters. The number of hydrogen-bond donors (Lipinski definition) is 0. The molecule has 0 bridgehead atoms. The van der Waals surface area contributed by atoms with Crippen molar-refractivity contribution in [3.05, 3.63) is 12.3 Å². The Balaban J connectivity index is 2.95. The van der Waals surface area contributed by atoms with E-state index in [2.05, 4.69) is 30.5 Å². The van der Waals surface area contributed by atoms with Crippen LogP contribution in [0.1, 0.15) is 26.3 Å². The average Bonchev–Trinajstić information content (AvgIpc) is 2.67. The number of terminal acetylenes is 1. The van der Waals surface area contributed by atoms with Gasteiger partial charge < -0.3 is 9.30 Å². The molecule has 1 atom stereocenters. The maximum atomic E-state index is 5.31. The fourth-order valence-electron chi connectivity index (χ4n) is 1.37. The van der Waals surface area contributed by atoms with E-state index in [-0.39, 0.29) is 0 Å². The molecule has 1 aromatic rings. The number of methoxy groups -OCH3 is 1. The molecule has 1 heterocycles. The number of thioether (sulfide) groups is 1. The molecule has 82 valence electrons. The van der Waals surface area contributed by atoms with Gasteiger partial charge in [0.2, 0.25) is 0 Å². The fourth-order valence-corrected chi connectivity index (χ4v) is 2.27. The third kappa shape index (κ3) is 2.73. The van der Waals surface area contributed by atoms with Crippen LogP contribution in [0.15, 0.2) is 17.3 Å². The third-order valence-electron chi connectivity index (χ3n) is 2.41. The summed E-state index contributed by atoms with van der Waals surface area (Å²) in [4.78, 5) is 0. The van der Waals surface area contributed by atoms with Gasteiger partial charge in [0.15, 0.2) is 5.75 Å². The van der Waals surface area contributed by atoms with E-state index in [1.54, 1.807) is 18.9 Å². The average molecular weight is 223 g/mol. The van der Waals surface area contributed by atoms with Crippen LogP contribution in [0.25, 0.3) is 0 Å². The number of hydrogen-bond acceptors (Lipinski definition) is 2. The summed E-state index contributed by atoms with van der Waals surface area (Å²) in [6, 6.07) is 2.47. The summed E-state index contributed by atoms with van der Waals surface area (Å²) in [7, 11) is 1.69. The molecule has 1 rings (SSSR count). The van der Waals surface area contributed by atoms with Crippen LogP contribution >= 0.6 is 11.8 Å². The standard InChI is InChI=1S/C12H17NOS/c1-5-9-15-12-11(14-4)7-8-13(12)10(3)6-2/h1,7-8,10H,6,9H2,2-4H3. The summed E-state index contributed by atoms with van der Waals surface area (Å²) < 4.78 is 7.53. The smallest absolute Gasteiger partial charge is 0.150 e. The summed E-state index contributed by atoms with van der Waals surface area (Å²) in [6.07, 6.45) is 8.43. The molecule has 0 radical (unpaired) electrons. The maximum absolute atomic E-state index is 5.31. The lowest BCUT2D eigenvalue weighted by Crippen LogP contribution is -2.04. The predicted molar refractivity (Wildman–Crippen MR) is 65.5 cm³/mol. The highest BCUT2D eigenvalue weighted by atomic mass is 32.2. The maximum Gasteiger partial charge on any atom is 0.150 e. The predicted octanol–water partition coefficient (Wildman–Crippen LogP) is 3.19. The lowest BCUT2D eigenvalue weighted by Gasteiger charge is -2.15. The van der Waals surface area contributed by atoms with Gasteiger partial charge in [0, 0.05) is 12.2 Å². The third-order valence-corrected chi connectivity index (χ3v) is 3.41. The van der Waals surface area contributed by atoms with E-state index in [0.29, 0.717) is 11.8 Å². The van der Waals surface area contributed by atoms with Crippen LogP contribution in [-0.4, -0.2) is 17.4 Å². The molecule has 0 aliphatic rings. The zero-order valence-corrected chi connectivity index (χ0v) is 10.3. The largest absolute Gasteiger partial charge is 0.494 e. The Morgan fingerprint density at radius 3 is 2.93 bits per heavy atom. The Hall–Kier alpha value is -1.01. The van der Waals surface area contributed by atoms with Gasteiger partial charge in [-0.1, -0.05) is 24.6 Å². The summed E-state index contributed by atoms with van der Waals surface area (Å²) in [5.41, 5.74) is 0. The van der Waals surface area contributed by atoms with E-state index >= 15 is 0 Å². The van der Waals surface area contributed by atoms with Crippen molar-refractivity contribution >= 4 is 11.8 Å². The van der Waals surface area contributed by atoms with Gasteiger partial charge in [0.1, 0.15) is 5.03 Å². The van der Waals surface area contributed by atoms with Gasteiger partial charge in [-0.3, -0.25) is 0 Å². The first-order valence-electron chi connectivity index (χ1n) is 5.05. The number of ether oxygens (including phenoxy) is 1. The van der Waals surface area contributed by atoms with Crippen molar-refractivity contribution in [2.45, 2.75) is 31.3 Å². The van der Waals surface area contributed by atoms with E-state index in [4.69, 9.17) is 11.2 Å². The second kappa shape index (κ2) is 5.77. The van der Waals surface area contributed by atoms with Gasteiger partial charge in [0.25, 0.3) is 0 Å². The molecule has 15 heavy (non-hydrogen) atoms. The lowest BCUT2D eigenvalue weighted by molar-refractivity contribution is 0.393. The van der Waals surface area contributed by atoms with Crippen molar-refractivity contribution in [1.29, 1.82) is 0 Å².